The van der Waals surface area contributed by atoms with E-state index in [0.717, 1.165) is 12.2 Å². The summed E-state index contributed by atoms with van der Waals surface area (Å²) in [4.78, 5) is 19.7. The lowest BCUT2D eigenvalue weighted by molar-refractivity contribution is 0.0690. The third-order valence-corrected chi connectivity index (χ3v) is 3.59. The van der Waals surface area contributed by atoms with Crippen LogP contribution in [0.2, 0.25) is 0 Å². The van der Waals surface area contributed by atoms with E-state index in [0.29, 0.717) is 22.5 Å². The molecule has 94 valence electrons. The number of thioether (sulfide) groups is 1. The molecule has 17 heavy (non-hydrogen) atoms. The molecule has 0 atom stereocenters. The van der Waals surface area contributed by atoms with Crippen LogP contribution in [-0.2, 0) is 6.42 Å². The molecule has 0 aromatic carbocycles. The molecule has 1 aromatic rings. The number of aryl methyl sites for hydroxylation is 2. The monoisotopic (exact) mass is 254 g/mol. The van der Waals surface area contributed by atoms with E-state index in [1.54, 1.807) is 6.92 Å². The normalized spacial score (nSPS) is 10.9. The minimum absolute atomic E-state index is 0.243. The third kappa shape index (κ3) is 3.70. The van der Waals surface area contributed by atoms with Crippen molar-refractivity contribution in [2.75, 3.05) is 5.75 Å². The Kier molecular flexibility index (Phi) is 4.93. The fourth-order valence-corrected chi connectivity index (χ4v) is 2.40. The predicted molar refractivity (Wildman–Crippen MR) is 68.7 cm³/mol. The van der Waals surface area contributed by atoms with Crippen molar-refractivity contribution < 1.29 is 9.90 Å². The molecule has 0 radical (unpaired) electrons. The van der Waals surface area contributed by atoms with Crippen LogP contribution >= 0.6 is 11.8 Å². The topological polar surface area (TPSA) is 63.1 Å². The first kappa shape index (κ1) is 14.0. The number of carboxylic acid groups (broad SMARTS) is 1. The van der Waals surface area contributed by atoms with Crippen LogP contribution in [0.4, 0.5) is 0 Å². The van der Waals surface area contributed by atoms with Crippen molar-refractivity contribution in [1.29, 1.82) is 0 Å². The van der Waals surface area contributed by atoms with Crippen LogP contribution in [0.15, 0.2) is 5.03 Å². The average Bonchev–Trinajstić information content (AvgIpc) is 2.24. The van der Waals surface area contributed by atoms with Crippen molar-refractivity contribution in [3.05, 3.63) is 17.1 Å². The van der Waals surface area contributed by atoms with E-state index in [1.807, 2.05) is 6.92 Å². The largest absolute Gasteiger partial charge is 0.478 e. The van der Waals surface area contributed by atoms with Gasteiger partial charge in [-0.25, -0.2) is 14.8 Å². The molecular weight excluding hydrogens is 236 g/mol. The number of carboxylic acids is 1. The molecule has 0 saturated heterocycles. The molecule has 0 saturated carbocycles. The van der Waals surface area contributed by atoms with Gasteiger partial charge < -0.3 is 5.11 Å². The number of nitrogens with zero attached hydrogens (tertiary/aromatic N) is 2. The van der Waals surface area contributed by atoms with Crippen LogP contribution in [0.3, 0.4) is 0 Å². The standard InChI is InChI=1S/C12H18N2O2S/c1-5-9-13-8(4)10(12(15)16)11(14-9)17-6-7(2)3/h7H,5-6H2,1-4H3,(H,15,16). The molecule has 5 heteroatoms. The van der Waals surface area contributed by atoms with Gasteiger partial charge in [0, 0.05) is 12.2 Å². The first-order valence-electron chi connectivity index (χ1n) is 5.69. The minimum Gasteiger partial charge on any atom is -0.478 e. The van der Waals surface area contributed by atoms with Crippen molar-refractivity contribution in [3.63, 3.8) is 0 Å². The SMILES string of the molecule is CCc1nc(C)c(C(=O)O)c(SCC(C)C)n1. The summed E-state index contributed by atoms with van der Waals surface area (Å²) in [5, 5.41) is 9.78. The predicted octanol–water partition coefficient (Wildman–Crippen LogP) is 2.79. The van der Waals surface area contributed by atoms with Crippen molar-refractivity contribution in [1.82, 2.24) is 9.97 Å². The van der Waals surface area contributed by atoms with E-state index in [2.05, 4.69) is 23.8 Å². The Morgan fingerprint density at radius 1 is 1.41 bits per heavy atom. The Balaban J connectivity index is 3.13. The van der Waals surface area contributed by atoms with Crippen LogP contribution in [-0.4, -0.2) is 26.8 Å². The molecule has 0 aliphatic rings. The summed E-state index contributed by atoms with van der Waals surface area (Å²) in [6.45, 7) is 7.89. The summed E-state index contributed by atoms with van der Waals surface area (Å²) in [7, 11) is 0. The summed E-state index contributed by atoms with van der Waals surface area (Å²) in [6.07, 6.45) is 0.718. The van der Waals surface area contributed by atoms with Gasteiger partial charge in [-0.2, -0.15) is 0 Å². The van der Waals surface area contributed by atoms with Gasteiger partial charge in [0.05, 0.1) is 5.69 Å². The smallest absolute Gasteiger partial charge is 0.340 e. The second-order valence-electron chi connectivity index (χ2n) is 4.27. The number of aromatic nitrogens is 2. The van der Waals surface area contributed by atoms with Crippen LogP contribution in [0.25, 0.3) is 0 Å². The zero-order chi connectivity index (χ0) is 13.0. The molecule has 1 N–H and O–H groups in total. The zero-order valence-corrected chi connectivity index (χ0v) is 11.5. The minimum atomic E-state index is -0.948. The van der Waals surface area contributed by atoms with Gasteiger partial charge in [0.1, 0.15) is 16.4 Å². The maximum Gasteiger partial charge on any atom is 0.340 e. The van der Waals surface area contributed by atoms with E-state index in [1.165, 1.54) is 11.8 Å². The van der Waals surface area contributed by atoms with Crippen LogP contribution in [0.1, 0.15) is 42.6 Å². The van der Waals surface area contributed by atoms with Gasteiger partial charge in [-0.3, -0.25) is 0 Å². The Morgan fingerprint density at radius 3 is 2.53 bits per heavy atom. The van der Waals surface area contributed by atoms with Crippen LogP contribution in [0, 0.1) is 12.8 Å². The molecule has 0 spiro atoms. The lowest BCUT2D eigenvalue weighted by Crippen LogP contribution is -2.10. The second kappa shape index (κ2) is 6.00. The molecule has 0 amide bonds. The fourth-order valence-electron chi connectivity index (χ4n) is 1.36. The maximum absolute atomic E-state index is 11.2. The zero-order valence-electron chi connectivity index (χ0n) is 10.6. The Morgan fingerprint density at radius 2 is 2.06 bits per heavy atom. The second-order valence-corrected chi connectivity index (χ2v) is 5.28. The van der Waals surface area contributed by atoms with Crippen molar-refractivity contribution in [2.45, 2.75) is 39.1 Å². The molecule has 4 nitrogen and oxygen atoms in total. The number of carbonyl (C=O) groups is 1. The number of rotatable bonds is 5. The van der Waals surface area contributed by atoms with Gasteiger partial charge in [0.15, 0.2) is 0 Å². The molecule has 0 aliphatic heterocycles. The lowest BCUT2D eigenvalue weighted by atomic mass is 10.2. The average molecular weight is 254 g/mol. The van der Waals surface area contributed by atoms with Gasteiger partial charge in [-0.05, 0) is 12.8 Å². The Labute approximate surface area is 106 Å². The summed E-state index contributed by atoms with van der Waals surface area (Å²) >= 11 is 1.50. The summed E-state index contributed by atoms with van der Waals surface area (Å²) < 4.78 is 0. The first-order chi connectivity index (χ1) is 7.95. The van der Waals surface area contributed by atoms with Gasteiger partial charge in [0.2, 0.25) is 0 Å². The molecule has 0 aliphatic carbocycles. The molecule has 0 unspecified atom stereocenters. The Hall–Kier alpha value is -1.10. The molecule has 1 rings (SSSR count). The number of hydrogen-bond acceptors (Lipinski definition) is 4. The van der Waals surface area contributed by atoms with Crippen LogP contribution < -0.4 is 0 Å². The van der Waals surface area contributed by atoms with E-state index >= 15 is 0 Å². The fraction of sp³-hybridized carbons (Fsp3) is 0.583. The number of hydrogen-bond donors (Lipinski definition) is 1. The van der Waals surface area contributed by atoms with Gasteiger partial charge >= 0.3 is 5.97 Å². The van der Waals surface area contributed by atoms with E-state index in [9.17, 15) is 9.90 Å². The lowest BCUT2D eigenvalue weighted by Gasteiger charge is -2.10. The molecule has 1 aromatic heterocycles. The van der Waals surface area contributed by atoms with Crippen molar-refractivity contribution in [3.8, 4) is 0 Å². The van der Waals surface area contributed by atoms with Gasteiger partial charge in [0.25, 0.3) is 0 Å². The van der Waals surface area contributed by atoms with Crippen molar-refractivity contribution in [2.24, 2.45) is 5.92 Å². The van der Waals surface area contributed by atoms with Crippen molar-refractivity contribution >= 4 is 17.7 Å². The van der Waals surface area contributed by atoms with Gasteiger partial charge in [-0.15, -0.1) is 11.8 Å². The van der Waals surface area contributed by atoms with E-state index in [4.69, 9.17) is 0 Å². The first-order valence-corrected chi connectivity index (χ1v) is 6.67. The maximum atomic E-state index is 11.2. The highest BCUT2D eigenvalue weighted by Gasteiger charge is 2.18. The van der Waals surface area contributed by atoms with Gasteiger partial charge in [-0.1, -0.05) is 20.8 Å². The molecular formula is C12H18N2O2S. The highest BCUT2D eigenvalue weighted by atomic mass is 32.2. The highest BCUT2D eigenvalue weighted by Crippen LogP contribution is 2.24. The highest BCUT2D eigenvalue weighted by molar-refractivity contribution is 7.99. The van der Waals surface area contributed by atoms with E-state index < -0.39 is 5.97 Å². The molecule has 0 fully saturated rings. The summed E-state index contributed by atoms with van der Waals surface area (Å²) in [5.74, 6) is 1.12. The third-order valence-electron chi connectivity index (χ3n) is 2.19. The quantitative estimate of drug-likeness (QED) is 0.646. The Bertz CT molecular complexity index is 419. The molecule has 1 heterocycles. The molecule has 0 bridgehead atoms. The summed E-state index contributed by atoms with van der Waals surface area (Å²) in [6, 6.07) is 0. The van der Waals surface area contributed by atoms with Crippen LogP contribution in [0.5, 0.6) is 0 Å². The summed E-state index contributed by atoms with van der Waals surface area (Å²) in [5.41, 5.74) is 0.795. The number of aromatic carboxylic acids is 1. The van der Waals surface area contributed by atoms with E-state index in [-0.39, 0.29) is 5.56 Å².